The maximum absolute atomic E-state index is 12.8. The first-order valence-electron chi connectivity index (χ1n) is 26.3. The second kappa shape index (κ2) is 53.2. The topological polar surface area (TPSA) is 78.9 Å². The van der Waals surface area contributed by atoms with Crippen molar-refractivity contribution in [1.82, 2.24) is 0 Å². The van der Waals surface area contributed by atoms with Gasteiger partial charge in [0.05, 0.1) is 0 Å². The molecule has 0 saturated carbocycles. The van der Waals surface area contributed by atoms with E-state index >= 15 is 0 Å². The molecule has 0 bridgehead atoms. The van der Waals surface area contributed by atoms with Crippen LogP contribution in [0.2, 0.25) is 0 Å². The Morgan fingerprint density at radius 3 is 1.11 bits per heavy atom. The molecule has 0 aromatic rings. The van der Waals surface area contributed by atoms with Crippen molar-refractivity contribution in [2.24, 2.45) is 0 Å². The van der Waals surface area contributed by atoms with Crippen molar-refractivity contribution in [2.45, 2.75) is 213 Å². The highest BCUT2D eigenvalue weighted by molar-refractivity contribution is 5.71. The predicted octanol–water partition coefficient (Wildman–Crippen LogP) is 17.5. The largest absolute Gasteiger partial charge is 0.462 e. The van der Waals surface area contributed by atoms with Crippen LogP contribution in [0.25, 0.3) is 0 Å². The third-order valence-corrected chi connectivity index (χ3v) is 10.6. The minimum absolute atomic E-state index is 0.121. The summed E-state index contributed by atoms with van der Waals surface area (Å²) in [5, 5.41) is 0. The monoisotopic (exact) mass is 911 g/mol. The Morgan fingerprint density at radius 2 is 0.667 bits per heavy atom. The summed E-state index contributed by atoms with van der Waals surface area (Å²) < 4.78 is 16.7. The number of carbonyl (C=O) groups excluding carboxylic acids is 3. The zero-order chi connectivity index (χ0) is 47.9. The van der Waals surface area contributed by atoms with E-state index in [4.69, 9.17) is 14.2 Å². The Morgan fingerprint density at radius 1 is 0.333 bits per heavy atom. The molecule has 0 heterocycles. The van der Waals surface area contributed by atoms with E-state index in [0.717, 1.165) is 96.3 Å². The Balaban J connectivity index is 4.56. The van der Waals surface area contributed by atoms with E-state index in [1.165, 1.54) is 64.2 Å². The second-order valence-electron chi connectivity index (χ2n) is 16.9. The van der Waals surface area contributed by atoms with Crippen molar-refractivity contribution >= 4 is 17.9 Å². The van der Waals surface area contributed by atoms with E-state index in [1.54, 1.807) is 0 Å². The summed E-state index contributed by atoms with van der Waals surface area (Å²) in [6, 6.07) is 0. The summed E-state index contributed by atoms with van der Waals surface area (Å²) >= 11 is 0. The van der Waals surface area contributed by atoms with E-state index in [0.29, 0.717) is 19.3 Å². The summed E-state index contributed by atoms with van der Waals surface area (Å²) in [5.41, 5.74) is 0. The quantitative estimate of drug-likeness (QED) is 0.0199. The molecule has 370 valence electrons. The Kier molecular flexibility index (Phi) is 49.6. The Bertz CT molecular complexity index is 1460. The van der Waals surface area contributed by atoms with Gasteiger partial charge in [0.1, 0.15) is 13.2 Å². The molecule has 6 heteroatoms. The number of hydrogen-bond donors (Lipinski definition) is 0. The first-order chi connectivity index (χ1) is 32.5. The standard InChI is InChI=1S/C60H94O6/c1-4-7-10-13-16-19-22-25-27-29-31-32-35-38-41-44-47-50-53-59(62)65-56-57(55-64-58(61)52-49-46-43-40-37-34-24-21-18-15-12-9-6-3)66-60(63)54-51-48-45-42-39-36-33-30-28-26-23-20-17-14-11-8-5-2/h9,12,15-22,24-29,31-32,34,37,40,43,57H,4-8,10-11,13-14,23,30,33,35-36,38-39,41-42,44-56H2,1-3H3/b12-9+,18-15+,19-16+,20-17+,24-21+,25-22+,28-26+,29-27+,32-31+,37-34+,43-40+. The molecule has 1 unspecified atom stereocenters. The molecule has 0 N–H and O–H groups in total. The number of allylic oxidation sites excluding steroid dienone is 22. The van der Waals surface area contributed by atoms with Crippen molar-refractivity contribution in [3.8, 4) is 0 Å². The molecule has 0 radical (unpaired) electrons. The highest BCUT2D eigenvalue weighted by atomic mass is 16.6. The molecule has 0 spiro atoms. The van der Waals surface area contributed by atoms with Gasteiger partial charge in [-0.25, -0.2) is 0 Å². The number of esters is 3. The number of rotatable bonds is 45. The molecule has 6 nitrogen and oxygen atoms in total. The molecule has 66 heavy (non-hydrogen) atoms. The zero-order valence-electron chi connectivity index (χ0n) is 42.1. The van der Waals surface area contributed by atoms with E-state index in [1.807, 2.05) is 54.7 Å². The van der Waals surface area contributed by atoms with Gasteiger partial charge in [-0.15, -0.1) is 0 Å². The Labute approximate surface area is 405 Å². The molecule has 0 aliphatic carbocycles. The van der Waals surface area contributed by atoms with Gasteiger partial charge in [-0.3, -0.25) is 14.4 Å². The lowest BCUT2D eigenvalue weighted by atomic mass is 10.1. The summed E-state index contributed by atoms with van der Waals surface area (Å²) in [4.78, 5) is 38.0. The minimum Gasteiger partial charge on any atom is -0.462 e. The average molecular weight is 911 g/mol. The summed E-state index contributed by atoms with van der Waals surface area (Å²) in [5.74, 6) is -1.04. The fourth-order valence-electron chi connectivity index (χ4n) is 6.63. The van der Waals surface area contributed by atoms with Crippen LogP contribution < -0.4 is 0 Å². The van der Waals surface area contributed by atoms with Crippen LogP contribution in [-0.4, -0.2) is 37.2 Å². The third-order valence-electron chi connectivity index (χ3n) is 10.6. The van der Waals surface area contributed by atoms with Crippen LogP contribution >= 0.6 is 0 Å². The second-order valence-corrected chi connectivity index (χ2v) is 16.9. The Hall–Kier alpha value is -4.45. The lowest BCUT2D eigenvalue weighted by Crippen LogP contribution is -2.30. The lowest BCUT2D eigenvalue weighted by Gasteiger charge is -2.18. The predicted molar refractivity (Wildman–Crippen MR) is 283 cm³/mol. The van der Waals surface area contributed by atoms with Crippen LogP contribution in [0.3, 0.4) is 0 Å². The van der Waals surface area contributed by atoms with Crippen LogP contribution in [0.1, 0.15) is 207 Å². The zero-order valence-corrected chi connectivity index (χ0v) is 42.1. The molecular formula is C60H94O6. The van der Waals surface area contributed by atoms with Gasteiger partial charge in [0.15, 0.2) is 6.10 Å². The van der Waals surface area contributed by atoms with Gasteiger partial charge in [0.25, 0.3) is 0 Å². The minimum atomic E-state index is -0.826. The van der Waals surface area contributed by atoms with E-state index in [2.05, 4.69) is 99.8 Å². The summed E-state index contributed by atoms with van der Waals surface area (Å²) in [6.07, 6.45) is 74.3. The maximum Gasteiger partial charge on any atom is 0.306 e. The van der Waals surface area contributed by atoms with Crippen LogP contribution in [0.5, 0.6) is 0 Å². The van der Waals surface area contributed by atoms with Crippen molar-refractivity contribution in [1.29, 1.82) is 0 Å². The van der Waals surface area contributed by atoms with Crippen LogP contribution in [0.15, 0.2) is 134 Å². The van der Waals surface area contributed by atoms with Gasteiger partial charge in [0, 0.05) is 19.3 Å². The van der Waals surface area contributed by atoms with E-state index in [9.17, 15) is 14.4 Å². The van der Waals surface area contributed by atoms with Gasteiger partial charge in [-0.2, -0.15) is 0 Å². The highest BCUT2D eigenvalue weighted by Gasteiger charge is 2.19. The molecule has 1 atom stereocenters. The lowest BCUT2D eigenvalue weighted by molar-refractivity contribution is -0.167. The first kappa shape index (κ1) is 61.5. The van der Waals surface area contributed by atoms with Crippen molar-refractivity contribution < 1.29 is 28.6 Å². The third kappa shape index (κ3) is 50.5. The van der Waals surface area contributed by atoms with Crippen LogP contribution in [-0.2, 0) is 28.6 Å². The fourth-order valence-corrected chi connectivity index (χ4v) is 6.63. The number of unbranched alkanes of at least 4 members (excludes halogenated alkanes) is 19. The SMILES string of the molecule is CC/C=C/C=C/C=C/C=C/C=C/CCCC(=O)OCC(COC(=O)CCCCCCC/C=C/C=C/C=C/C=C/CCCCC)OC(=O)CCCCCCCCC/C=C/C/C=C/CCCCC. The highest BCUT2D eigenvalue weighted by Crippen LogP contribution is 2.13. The molecule has 0 rings (SSSR count). The molecule has 0 amide bonds. The molecular weight excluding hydrogens is 817 g/mol. The average Bonchev–Trinajstić information content (AvgIpc) is 3.31. The molecule has 0 saturated heterocycles. The van der Waals surface area contributed by atoms with Gasteiger partial charge in [-0.1, -0.05) is 231 Å². The van der Waals surface area contributed by atoms with Crippen molar-refractivity contribution in [2.75, 3.05) is 13.2 Å². The molecule has 0 aromatic carbocycles. The van der Waals surface area contributed by atoms with Gasteiger partial charge < -0.3 is 14.2 Å². The first-order valence-corrected chi connectivity index (χ1v) is 26.3. The fraction of sp³-hybridized carbons (Fsp3) is 0.583. The maximum atomic E-state index is 12.8. The molecule has 0 aliphatic rings. The van der Waals surface area contributed by atoms with Gasteiger partial charge >= 0.3 is 17.9 Å². The number of carbonyl (C=O) groups is 3. The molecule has 0 fully saturated rings. The number of ether oxygens (including phenoxy) is 3. The van der Waals surface area contributed by atoms with Crippen LogP contribution in [0, 0.1) is 0 Å². The number of hydrogen-bond acceptors (Lipinski definition) is 6. The van der Waals surface area contributed by atoms with Crippen molar-refractivity contribution in [3.05, 3.63) is 134 Å². The van der Waals surface area contributed by atoms with E-state index < -0.39 is 6.10 Å². The normalized spacial score (nSPS) is 13.2. The van der Waals surface area contributed by atoms with Gasteiger partial charge in [-0.05, 0) is 89.9 Å². The van der Waals surface area contributed by atoms with Crippen molar-refractivity contribution in [3.63, 3.8) is 0 Å². The van der Waals surface area contributed by atoms with E-state index in [-0.39, 0.29) is 37.5 Å². The summed E-state index contributed by atoms with van der Waals surface area (Å²) in [6.45, 7) is 6.32. The van der Waals surface area contributed by atoms with Crippen LogP contribution in [0.4, 0.5) is 0 Å². The molecule has 0 aromatic heterocycles. The molecule has 0 aliphatic heterocycles. The smallest absolute Gasteiger partial charge is 0.306 e. The summed E-state index contributed by atoms with van der Waals surface area (Å²) in [7, 11) is 0. The van der Waals surface area contributed by atoms with Gasteiger partial charge in [0.2, 0.25) is 0 Å².